The number of amides is 2. The van der Waals surface area contributed by atoms with Gasteiger partial charge in [-0.25, -0.2) is 12.8 Å². The second kappa shape index (κ2) is 9.39. The number of rotatable bonds is 7. The minimum atomic E-state index is -3.41. The van der Waals surface area contributed by atoms with Gasteiger partial charge in [-0.15, -0.1) is 0 Å². The lowest BCUT2D eigenvalue weighted by molar-refractivity contribution is 0.0694. The van der Waals surface area contributed by atoms with Crippen LogP contribution in [0.5, 0.6) is 0 Å². The molecule has 1 saturated carbocycles. The summed E-state index contributed by atoms with van der Waals surface area (Å²) < 4.78 is 40.6. The molecule has 3 aliphatic rings. The molecule has 12 heteroatoms. The fraction of sp³-hybridized carbons (Fsp3) is 0.440. The number of nitrogens with one attached hydrogen (secondary N) is 2. The number of pyridine rings is 1. The summed E-state index contributed by atoms with van der Waals surface area (Å²) in [5, 5.41) is 14.0. The highest BCUT2D eigenvalue weighted by Crippen LogP contribution is 2.47. The topological polar surface area (TPSA) is 141 Å². The number of fused-ring (bicyclic) bond motifs is 1. The largest absolute Gasteiger partial charge is 0.348 e. The molecule has 2 aliphatic heterocycles. The van der Waals surface area contributed by atoms with E-state index in [1.807, 2.05) is 0 Å². The predicted molar refractivity (Wildman–Crippen MR) is 131 cm³/mol. The Labute approximate surface area is 213 Å². The maximum Gasteiger partial charge on any atom is 0.270 e. The van der Waals surface area contributed by atoms with Gasteiger partial charge in [-0.3, -0.25) is 14.4 Å². The SMILES string of the molecule is N#Cc1ccc(CNC(=O)c2ccc3n(c2=O)CCN(CC2(S(=O)(=O)C4CCNC4)CC2)C3=O)cc1F. The Kier molecular flexibility index (Phi) is 6.37. The number of aromatic nitrogens is 1. The maximum atomic E-state index is 13.8. The quantitative estimate of drug-likeness (QED) is 0.536. The van der Waals surface area contributed by atoms with Crippen LogP contribution < -0.4 is 16.2 Å². The average Bonchev–Trinajstić information content (AvgIpc) is 3.46. The van der Waals surface area contributed by atoms with Crippen molar-refractivity contribution in [2.75, 3.05) is 26.2 Å². The minimum absolute atomic E-state index is 0.0531. The van der Waals surface area contributed by atoms with Gasteiger partial charge in [0.2, 0.25) is 0 Å². The van der Waals surface area contributed by atoms with Crippen molar-refractivity contribution in [3.8, 4) is 6.07 Å². The lowest BCUT2D eigenvalue weighted by atomic mass is 10.1. The first-order chi connectivity index (χ1) is 17.7. The van der Waals surface area contributed by atoms with Gasteiger partial charge >= 0.3 is 0 Å². The van der Waals surface area contributed by atoms with Crippen LogP contribution >= 0.6 is 0 Å². The Morgan fingerprint density at radius 1 is 1.22 bits per heavy atom. The molecule has 3 heterocycles. The van der Waals surface area contributed by atoms with E-state index < -0.39 is 43.0 Å². The molecule has 1 saturated heterocycles. The normalized spacial score (nSPS) is 20.3. The molecule has 2 fully saturated rings. The molecule has 2 N–H and O–H groups in total. The van der Waals surface area contributed by atoms with Crippen LogP contribution in [-0.4, -0.2) is 65.9 Å². The van der Waals surface area contributed by atoms with Gasteiger partial charge in [-0.1, -0.05) is 6.07 Å². The summed E-state index contributed by atoms with van der Waals surface area (Å²) in [5.41, 5.74) is -0.361. The van der Waals surface area contributed by atoms with Crippen LogP contribution in [0.25, 0.3) is 0 Å². The fourth-order valence-corrected chi connectivity index (χ4v) is 7.58. The molecule has 10 nitrogen and oxygen atoms in total. The van der Waals surface area contributed by atoms with E-state index in [4.69, 9.17) is 5.26 Å². The third-order valence-corrected chi connectivity index (χ3v) is 10.5. The van der Waals surface area contributed by atoms with Crippen molar-refractivity contribution in [2.45, 2.75) is 42.3 Å². The van der Waals surface area contributed by atoms with Gasteiger partial charge in [-0.2, -0.15) is 5.26 Å². The Balaban J connectivity index is 1.29. The summed E-state index contributed by atoms with van der Waals surface area (Å²) in [7, 11) is -3.41. The first kappa shape index (κ1) is 25.1. The van der Waals surface area contributed by atoms with E-state index in [0.29, 0.717) is 37.9 Å². The van der Waals surface area contributed by atoms with E-state index in [9.17, 15) is 27.2 Å². The molecule has 37 heavy (non-hydrogen) atoms. The number of carbonyl (C=O) groups is 2. The van der Waals surface area contributed by atoms with Crippen molar-refractivity contribution >= 4 is 21.7 Å². The van der Waals surface area contributed by atoms with Gasteiger partial charge < -0.3 is 20.1 Å². The summed E-state index contributed by atoms with van der Waals surface area (Å²) in [4.78, 5) is 40.4. The highest BCUT2D eigenvalue weighted by atomic mass is 32.2. The number of hydrogen-bond donors (Lipinski definition) is 2. The second-order valence-corrected chi connectivity index (χ2v) is 12.4. The van der Waals surface area contributed by atoms with E-state index in [-0.39, 0.29) is 43.0 Å². The number of carbonyl (C=O) groups excluding carboxylic acids is 2. The van der Waals surface area contributed by atoms with Crippen molar-refractivity contribution in [2.24, 2.45) is 0 Å². The third kappa shape index (κ3) is 4.42. The van der Waals surface area contributed by atoms with Gasteiger partial charge in [0.15, 0.2) is 9.84 Å². The highest BCUT2D eigenvalue weighted by molar-refractivity contribution is 7.93. The summed E-state index contributed by atoms with van der Waals surface area (Å²) in [6.45, 7) is 1.45. The lowest BCUT2D eigenvalue weighted by Gasteiger charge is -2.33. The smallest absolute Gasteiger partial charge is 0.270 e. The van der Waals surface area contributed by atoms with Crippen LogP contribution in [0.4, 0.5) is 4.39 Å². The lowest BCUT2D eigenvalue weighted by Crippen LogP contribution is -2.51. The molecule has 0 bridgehead atoms. The fourth-order valence-electron chi connectivity index (χ4n) is 5.10. The first-order valence-electron chi connectivity index (χ1n) is 12.1. The Hall–Kier alpha value is -3.56. The molecule has 5 rings (SSSR count). The number of sulfone groups is 1. The van der Waals surface area contributed by atoms with Gasteiger partial charge in [0.1, 0.15) is 23.1 Å². The summed E-state index contributed by atoms with van der Waals surface area (Å²) in [5.74, 6) is -1.81. The van der Waals surface area contributed by atoms with Crippen molar-refractivity contribution in [1.29, 1.82) is 5.26 Å². The van der Waals surface area contributed by atoms with Crippen LogP contribution in [0.2, 0.25) is 0 Å². The summed E-state index contributed by atoms with van der Waals surface area (Å²) in [6, 6.07) is 8.36. The number of nitriles is 1. The zero-order valence-corrected chi connectivity index (χ0v) is 20.8. The minimum Gasteiger partial charge on any atom is -0.348 e. The molecular formula is C25H26FN5O5S. The Morgan fingerprint density at radius 3 is 2.65 bits per heavy atom. The van der Waals surface area contributed by atoms with Crippen molar-refractivity contribution < 1.29 is 22.4 Å². The summed E-state index contributed by atoms with van der Waals surface area (Å²) in [6.07, 6.45) is 1.61. The molecule has 2 aromatic rings. The monoisotopic (exact) mass is 527 g/mol. The van der Waals surface area contributed by atoms with Gasteiger partial charge in [-0.05, 0) is 55.6 Å². The Bertz CT molecular complexity index is 1490. The summed E-state index contributed by atoms with van der Waals surface area (Å²) >= 11 is 0. The van der Waals surface area contributed by atoms with E-state index in [2.05, 4.69) is 10.6 Å². The number of hydrogen-bond acceptors (Lipinski definition) is 7. The molecule has 0 spiro atoms. The van der Waals surface area contributed by atoms with Crippen molar-refractivity contribution in [1.82, 2.24) is 20.1 Å². The van der Waals surface area contributed by atoms with Gasteiger partial charge in [0.05, 0.1) is 15.6 Å². The van der Waals surface area contributed by atoms with Crippen LogP contribution in [-0.2, 0) is 22.9 Å². The number of benzene rings is 1. The second-order valence-electron chi connectivity index (χ2n) is 9.77. The Morgan fingerprint density at radius 2 is 2.00 bits per heavy atom. The van der Waals surface area contributed by atoms with Crippen molar-refractivity contribution in [3.05, 3.63) is 68.9 Å². The zero-order valence-electron chi connectivity index (χ0n) is 20.0. The number of halogens is 1. The van der Waals surface area contributed by atoms with E-state index in [1.54, 1.807) is 6.07 Å². The highest BCUT2D eigenvalue weighted by Gasteiger charge is 2.58. The van der Waals surface area contributed by atoms with Crippen LogP contribution in [0.1, 0.15) is 51.2 Å². The first-order valence-corrected chi connectivity index (χ1v) is 13.7. The average molecular weight is 528 g/mol. The molecular weight excluding hydrogens is 501 g/mol. The van der Waals surface area contributed by atoms with E-state index >= 15 is 0 Å². The molecule has 1 aromatic heterocycles. The van der Waals surface area contributed by atoms with Crippen LogP contribution in [0, 0.1) is 17.1 Å². The van der Waals surface area contributed by atoms with Crippen LogP contribution in [0.3, 0.4) is 0 Å². The maximum absolute atomic E-state index is 13.8. The van der Waals surface area contributed by atoms with Gasteiger partial charge in [0.25, 0.3) is 17.4 Å². The van der Waals surface area contributed by atoms with Crippen LogP contribution in [0.15, 0.2) is 35.1 Å². The van der Waals surface area contributed by atoms with E-state index in [0.717, 1.165) is 6.07 Å². The predicted octanol–water partition coefficient (Wildman–Crippen LogP) is 0.554. The van der Waals surface area contributed by atoms with Gasteiger partial charge in [0, 0.05) is 32.7 Å². The molecule has 1 unspecified atom stereocenters. The molecule has 2 amide bonds. The van der Waals surface area contributed by atoms with Crippen molar-refractivity contribution in [3.63, 3.8) is 0 Å². The standard InChI is InChI=1S/C25H26FN5O5S/c26-20-11-16(1-2-17(20)12-27)13-29-22(32)19-3-4-21-24(34)30(9-10-31(21)23(19)33)15-25(6-7-25)37(35,36)18-5-8-28-14-18/h1-4,11,18,28H,5-10,13-15H2,(H,29,32). The third-order valence-electron chi connectivity index (χ3n) is 7.47. The van der Waals surface area contributed by atoms with E-state index in [1.165, 1.54) is 33.7 Å². The molecule has 194 valence electrons. The molecule has 1 aliphatic carbocycles. The molecule has 0 radical (unpaired) electrons. The zero-order chi connectivity index (χ0) is 26.4. The molecule has 1 atom stereocenters. The number of nitrogens with zero attached hydrogens (tertiary/aromatic N) is 3. The molecule has 1 aromatic carbocycles.